The number of halogens is 4. The number of alkyl halides is 3. The molecule has 142 valence electrons. The third-order valence-corrected chi connectivity index (χ3v) is 5.46. The van der Waals surface area contributed by atoms with E-state index in [0.29, 0.717) is 12.0 Å². The van der Waals surface area contributed by atoms with E-state index in [1.807, 2.05) is 0 Å². The predicted molar refractivity (Wildman–Crippen MR) is 90.1 cm³/mol. The van der Waals surface area contributed by atoms with Crippen molar-refractivity contribution in [2.75, 3.05) is 31.1 Å². The lowest BCUT2D eigenvalue weighted by Crippen LogP contribution is -2.51. The van der Waals surface area contributed by atoms with E-state index in [1.165, 1.54) is 10.8 Å². The summed E-state index contributed by atoms with van der Waals surface area (Å²) in [6.45, 7) is 3.47. The number of aromatic nitrogens is 4. The van der Waals surface area contributed by atoms with Crippen LogP contribution in [0.3, 0.4) is 0 Å². The van der Waals surface area contributed by atoms with Crippen molar-refractivity contribution in [3.05, 3.63) is 29.8 Å². The van der Waals surface area contributed by atoms with Gasteiger partial charge in [-0.3, -0.25) is 4.90 Å². The lowest BCUT2D eigenvalue weighted by atomic mass is 10.1. The van der Waals surface area contributed by atoms with E-state index >= 15 is 0 Å². The quantitative estimate of drug-likeness (QED) is 0.608. The Bertz CT molecular complexity index is 1030. The van der Waals surface area contributed by atoms with Crippen LogP contribution >= 0.6 is 0 Å². The van der Waals surface area contributed by atoms with E-state index in [1.54, 1.807) is 0 Å². The Morgan fingerprint density at radius 1 is 1.11 bits per heavy atom. The molecule has 0 N–H and O–H groups in total. The van der Waals surface area contributed by atoms with Crippen LogP contribution in [-0.2, 0) is 6.18 Å². The van der Waals surface area contributed by atoms with Crippen LogP contribution in [0.15, 0.2) is 18.5 Å². The number of anilines is 1. The molecule has 27 heavy (non-hydrogen) atoms. The summed E-state index contributed by atoms with van der Waals surface area (Å²) in [6.07, 6.45) is -1.24. The van der Waals surface area contributed by atoms with Crippen LogP contribution in [0, 0.1) is 5.82 Å². The molecule has 6 nitrogen and oxygen atoms in total. The standard InChI is InChI=1S/C17H16F4N6/c18-13-7-14-11(6-12(13)17(19,20)21)15-22-9-23-27(15)16(24-14)26-5-4-25-3-1-2-10(25)8-26/h6-7,9-10H,1-5,8H2. The molecule has 4 heterocycles. The Morgan fingerprint density at radius 3 is 2.78 bits per heavy atom. The zero-order chi connectivity index (χ0) is 18.8. The Morgan fingerprint density at radius 2 is 1.96 bits per heavy atom. The van der Waals surface area contributed by atoms with Crippen molar-refractivity contribution in [2.24, 2.45) is 0 Å². The van der Waals surface area contributed by atoms with Crippen LogP contribution < -0.4 is 4.90 Å². The largest absolute Gasteiger partial charge is 0.419 e. The van der Waals surface area contributed by atoms with Crippen molar-refractivity contribution in [2.45, 2.75) is 25.1 Å². The Hall–Kier alpha value is -2.49. The second-order valence-electron chi connectivity index (χ2n) is 7.03. The van der Waals surface area contributed by atoms with E-state index in [4.69, 9.17) is 0 Å². The third-order valence-electron chi connectivity index (χ3n) is 5.46. The first-order chi connectivity index (χ1) is 12.9. The molecule has 0 bridgehead atoms. The molecule has 2 fully saturated rings. The van der Waals surface area contributed by atoms with Crippen LogP contribution in [0.1, 0.15) is 18.4 Å². The van der Waals surface area contributed by atoms with E-state index in [-0.39, 0.29) is 16.6 Å². The Balaban J connectivity index is 1.66. The Kier molecular flexibility index (Phi) is 3.55. The number of fused-ring (bicyclic) bond motifs is 4. The Labute approximate surface area is 151 Å². The molecule has 2 aromatic heterocycles. The highest BCUT2D eigenvalue weighted by molar-refractivity contribution is 5.93. The molecule has 0 saturated carbocycles. The van der Waals surface area contributed by atoms with Gasteiger partial charge in [-0.15, -0.1) is 0 Å². The third kappa shape index (κ3) is 2.61. The minimum Gasteiger partial charge on any atom is -0.338 e. The molecule has 1 aromatic carbocycles. The fourth-order valence-corrected chi connectivity index (χ4v) is 4.16. The van der Waals surface area contributed by atoms with Crippen LogP contribution in [0.4, 0.5) is 23.5 Å². The van der Waals surface area contributed by atoms with Crippen LogP contribution in [-0.4, -0.2) is 56.7 Å². The maximum absolute atomic E-state index is 14.1. The molecule has 1 atom stereocenters. The molecule has 2 aliphatic rings. The van der Waals surface area contributed by atoms with Gasteiger partial charge in [0.15, 0.2) is 5.65 Å². The van der Waals surface area contributed by atoms with Gasteiger partial charge in [0, 0.05) is 37.1 Å². The molecular weight excluding hydrogens is 364 g/mol. The molecular formula is C17H16F4N6. The van der Waals surface area contributed by atoms with Crippen molar-refractivity contribution in [3.8, 4) is 0 Å². The number of hydrogen-bond acceptors (Lipinski definition) is 5. The van der Waals surface area contributed by atoms with Crippen molar-refractivity contribution in [3.63, 3.8) is 0 Å². The van der Waals surface area contributed by atoms with Gasteiger partial charge in [-0.2, -0.15) is 22.8 Å². The predicted octanol–water partition coefficient (Wildman–Crippen LogP) is 2.72. The van der Waals surface area contributed by atoms with Crippen LogP contribution in [0.5, 0.6) is 0 Å². The first-order valence-electron chi connectivity index (χ1n) is 8.81. The van der Waals surface area contributed by atoms with Gasteiger partial charge in [0.05, 0.1) is 11.1 Å². The van der Waals surface area contributed by atoms with Gasteiger partial charge in [-0.1, -0.05) is 0 Å². The van der Waals surface area contributed by atoms with Gasteiger partial charge in [-0.05, 0) is 25.5 Å². The van der Waals surface area contributed by atoms with Crippen LogP contribution in [0.25, 0.3) is 16.6 Å². The molecule has 3 aromatic rings. The molecule has 2 saturated heterocycles. The normalized spacial score (nSPS) is 21.3. The van der Waals surface area contributed by atoms with Crippen molar-refractivity contribution in [1.29, 1.82) is 0 Å². The zero-order valence-corrected chi connectivity index (χ0v) is 14.2. The summed E-state index contributed by atoms with van der Waals surface area (Å²) in [5.74, 6) is -0.848. The summed E-state index contributed by atoms with van der Waals surface area (Å²) < 4.78 is 54.8. The zero-order valence-electron chi connectivity index (χ0n) is 14.2. The minimum absolute atomic E-state index is 0.129. The molecule has 0 radical (unpaired) electrons. The molecule has 10 heteroatoms. The lowest BCUT2D eigenvalue weighted by molar-refractivity contribution is -0.139. The monoisotopic (exact) mass is 380 g/mol. The van der Waals surface area contributed by atoms with Gasteiger partial charge >= 0.3 is 6.18 Å². The number of benzene rings is 1. The summed E-state index contributed by atoms with van der Waals surface area (Å²) in [6, 6.07) is 2.03. The molecule has 0 amide bonds. The van der Waals surface area contributed by atoms with E-state index in [2.05, 4.69) is 24.9 Å². The number of piperazine rings is 1. The number of hydrogen-bond donors (Lipinski definition) is 0. The van der Waals surface area contributed by atoms with Crippen molar-refractivity contribution in [1.82, 2.24) is 24.5 Å². The minimum atomic E-state index is -4.78. The summed E-state index contributed by atoms with van der Waals surface area (Å²) in [5.41, 5.74) is -0.937. The molecule has 2 aliphatic heterocycles. The summed E-state index contributed by atoms with van der Waals surface area (Å²) in [5, 5.41) is 4.29. The smallest absolute Gasteiger partial charge is 0.338 e. The van der Waals surface area contributed by atoms with Gasteiger partial charge in [0.1, 0.15) is 12.1 Å². The summed E-state index contributed by atoms with van der Waals surface area (Å²) in [7, 11) is 0. The summed E-state index contributed by atoms with van der Waals surface area (Å²) >= 11 is 0. The number of rotatable bonds is 1. The second kappa shape index (κ2) is 5.75. The number of nitrogens with zero attached hydrogens (tertiary/aromatic N) is 6. The van der Waals surface area contributed by atoms with E-state index < -0.39 is 17.6 Å². The lowest BCUT2D eigenvalue weighted by Gasteiger charge is -2.37. The van der Waals surface area contributed by atoms with Gasteiger partial charge < -0.3 is 4.90 Å². The second-order valence-corrected chi connectivity index (χ2v) is 7.03. The first-order valence-corrected chi connectivity index (χ1v) is 8.81. The molecule has 5 rings (SSSR count). The highest BCUT2D eigenvalue weighted by atomic mass is 19.4. The van der Waals surface area contributed by atoms with Gasteiger partial charge in [0.25, 0.3) is 0 Å². The maximum Gasteiger partial charge on any atom is 0.419 e. The molecule has 1 unspecified atom stereocenters. The maximum atomic E-state index is 14.1. The molecule has 0 aliphatic carbocycles. The van der Waals surface area contributed by atoms with Gasteiger partial charge in [0.2, 0.25) is 5.95 Å². The highest BCUT2D eigenvalue weighted by Gasteiger charge is 2.36. The van der Waals surface area contributed by atoms with Crippen molar-refractivity contribution < 1.29 is 17.6 Å². The topological polar surface area (TPSA) is 49.6 Å². The van der Waals surface area contributed by atoms with E-state index in [9.17, 15) is 17.6 Å². The highest BCUT2D eigenvalue weighted by Crippen LogP contribution is 2.35. The first kappa shape index (κ1) is 16.7. The van der Waals surface area contributed by atoms with Crippen LogP contribution in [0.2, 0.25) is 0 Å². The SMILES string of the molecule is Fc1cc2nc(N3CCN4CCCC4C3)n3ncnc3c2cc1C(F)(F)F. The molecule has 0 spiro atoms. The van der Waals surface area contributed by atoms with Crippen molar-refractivity contribution >= 4 is 22.5 Å². The average Bonchev–Trinajstić information content (AvgIpc) is 3.28. The fourth-order valence-electron chi connectivity index (χ4n) is 4.16. The average molecular weight is 380 g/mol. The fraction of sp³-hybridized carbons (Fsp3) is 0.471. The summed E-state index contributed by atoms with van der Waals surface area (Å²) in [4.78, 5) is 13.1. The van der Waals surface area contributed by atoms with Gasteiger partial charge in [-0.25, -0.2) is 14.4 Å². The van der Waals surface area contributed by atoms with E-state index in [0.717, 1.165) is 51.2 Å².